The van der Waals surface area contributed by atoms with Crippen molar-refractivity contribution in [3.8, 4) is 11.5 Å². The molecule has 0 unspecified atom stereocenters. The molecule has 0 spiro atoms. The van der Waals surface area contributed by atoms with Crippen LogP contribution in [0, 0.1) is 13.8 Å². The lowest BCUT2D eigenvalue weighted by Crippen LogP contribution is -1.99. The van der Waals surface area contributed by atoms with Gasteiger partial charge in [0.1, 0.15) is 11.5 Å². The van der Waals surface area contributed by atoms with Crippen LogP contribution in [0.5, 0.6) is 11.5 Å². The van der Waals surface area contributed by atoms with E-state index in [1.165, 1.54) is 30.1 Å². The molecule has 3 aromatic carbocycles. The molecule has 0 N–H and O–H groups in total. The van der Waals surface area contributed by atoms with Crippen LogP contribution < -0.4 is 9.05 Å². The maximum absolute atomic E-state index is 13.7. The van der Waals surface area contributed by atoms with E-state index < -0.39 is 7.60 Å². The van der Waals surface area contributed by atoms with Gasteiger partial charge in [-0.3, -0.25) is 0 Å². The van der Waals surface area contributed by atoms with Crippen molar-refractivity contribution in [3.05, 3.63) is 89.2 Å². The van der Waals surface area contributed by atoms with Crippen molar-refractivity contribution in [2.45, 2.75) is 13.8 Å². The first-order chi connectivity index (χ1) is 15.4. The molecule has 0 aliphatic heterocycles. The molecule has 7 nitrogen and oxygen atoms in total. The molecule has 0 radical (unpaired) electrons. The molecular weight excluding hydrogens is 427 g/mol. The first kappa shape index (κ1) is 22.7. The first-order valence-corrected chi connectivity index (χ1v) is 11.1. The molecule has 0 heterocycles. The predicted molar refractivity (Wildman–Crippen MR) is 122 cm³/mol. The Kier molecular flexibility index (Phi) is 7.33. The minimum Gasteiger partial charge on any atom is -0.413 e. The van der Waals surface area contributed by atoms with Crippen LogP contribution in [0.2, 0.25) is 0 Å². The first-order valence-electron chi connectivity index (χ1n) is 9.53. The molecule has 0 amide bonds. The van der Waals surface area contributed by atoms with Gasteiger partial charge in [-0.2, -0.15) is 9.98 Å². The van der Waals surface area contributed by atoms with Gasteiger partial charge in [0.2, 0.25) is 12.2 Å². The third kappa shape index (κ3) is 6.00. The van der Waals surface area contributed by atoms with Crippen molar-refractivity contribution in [2.24, 2.45) is 9.98 Å². The van der Waals surface area contributed by atoms with Gasteiger partial charge in [-0.25, -0.2) is 14.2 Å². The SMILES string of the molecule is Cc1ccc(OP(=O)(/C=C/c2ccccc2)Oc2ccc(C)c(N=C=O)c2)cc1N=C=O. The quantitative estimate of drug-likeness (QED) is 0.222. The zero-order valence-corrected chi connectivity index (χ0v) is 18.3. The molecule has 0 saturated carbocycles. The van der Waals surface area contributed by atoms with E-state index >= 15 is 0 Å². The zero-order chi connectivity index (χ0) is 23.0. The summed E-state index contributed by atoms with van der Waals surface area (Å²) in [5.74, 6) is 1.74. The summed E-state index contributed by atoms with van der Waals surface area (Å²) in [6.45, 7) is 3.54. The lowest BCUT2D eigenvalue weighted by atomic mass is 10.2. The van der Waals surface area contributed by atoms with Crippen LogP contribution in [0.15, 0.2) is 82.5 Å². The van der Waals surface area contributed by atoms with Gasteiger partial charge in [0.05, 0.1) is 17.2 Å². The van der Waals surface area contributed by atoms with Gasteiger partial charge in [-0.15, -0.1) is 0 Å². The number of nitrogens with zero attached hydrogens (tertiary/aromatic N) is 2. The Morgan fingerprint density at radius 1 is 0.781 bits per heavy atom. The number of aliphatic imine (C=N–C) groups is 2. The van der Waals surface area contributed by atoms with E-state index in [2.05, 4.69) is 9.98 Å². The highest BCUT2D eigenvalue weighted by Crippen LogP contribution is 2.51. The molecular formula is C24H19N2O5P. The second kappa shape index (κ2) is 10.3. The van der Waals surface area contributed by atoms with Gasteiger partial charge in [-0.05, 0) is 48.7 Å². The van der Waals surface area contributed by atoms with Gasteiger partial charge < -0.3 is 9.05 Å². The molecule has 160 valence electrons. The van der Waals surface area contributed by atoms with Crippen molar-refractivity contribution >= 4 is 37.2 Å². The fourth-order valence-corrected chi connectivity index (χ4v) is 4.07. The summed E-state index contributed by atoms with van der Waals surface area (Å²) in [5.41, 5.74) is 2.94. The van der Waals surface area contributed by atoms with Crippen LogP contribution in [0.25, 0.3) is 6.08 Å². The summed E-state index contributed by atoms with van der Waals surface area (Å²) < 4.78 is 25.2. The van der Waals surface area contributed by atoms with Gasteiger partial charge in [0, 0.05) is 12.1 Å². The molecule has 32 heavy (non-hydrogen) atoms. The number of benzene rings is 3. The molecule has 0 aromatic heterocycles. The van der Waals surface area contributed by atoms with Crippen LogP contribution in [0.3, 0.4) is 0 Å². The molecule has 0 saturated heterocycles. The van der Waals surface area contributed by atoms with E-state index in [1.54, 1.807) is 44.2 Å². The zero-order valence-electron chi connectivity index (χ0n) is 17.4. The third-order valence-electron chi connectivity index (χ3n) is 4.41. The second-order valence-electron chi connectivity index (χ2n) is 6.75. The third-order valence-corrected chi connectivity index (χ3v) is 5.85. The van der Waals surface area contributed by atoms with Crippen molar-refractivity contribution in [3.63, 3.8) is 0 Å². The topological polar surface area (TPSA) is 94.4 Å². The Hall–Kier alpha value is -4.01. The number of isocyanates is 2. The van der Waals surface area contributed by atoms with E-state index in [1.807, 2.05) is 30.3 Å². The van der Waals surface area contributed by atoms with Crippen LogP contribution in [0.4, 0.5) is 11.4 Å². The molecule has 0 aliphatic carbocycles. The van der Waals surface area contributed by atoms with Crippen LogP contribution in [0.1, 0.15) is 16.7 Å². The molecule has 0 fully saturated rings. The summed E-state index contributed by atoms with van der Waals surface area (Å²) in [6.07, 6.45) is 4.60. The largest absolute Gasteiger partial charge is 0.455 e. The Bertz CT molecular complexity index is 1220. The van der Waals surface area contributed by atoms with E-state index in [4.69, 9.17) is 9.05 Å². The summed E-state index contributed by atoms with van der Waals surface area (Å²) in [5, 5.41) is 0. The van der Waals surface area contributed by atoms with Crippen molar-refractivity contribution < 1.29 is 23.2 Å². The summed E-state index contributed by atoms with van der Waals surface area (Å²) >= 11 is 0. The normalized spacial score (nSPS) is 12.3. The lowest BCUT2D eigenvalue weighted by molar-refractivity contribution is 0.398. The maximum Gasteiger partial charge on any atom is 0.455 e. The number of hydrogen-bond donors (Lipinski definition) is 0. The summed E-state index contributed by atoms with van der Waals surface area (Å²) in [4.78, 5) is 28.6. The molecule has 0 atom stereocenters. The minimum absolute atomic E-state index is 0.198. The Morgan fingerprint density at radius 3 is 1.75 bits per heavy atom. The predicted octanol–water partition coefficient (Wildman–Crippen LogP) is 6.56. The summed E-state index contributed by atoms with van der Waals surface area (Å²) in [7, 11) is -3.90. The Balaban J connectivity index is 2.00. The Labute approximate surface area is 185 Å². The second-order valence-corrected chi connectivity index (χ2v) is 8.49. The van der Waals surface area contributed by atoms with Gasteiger partial charge in [0.25, 0.3) is 0 Å². The number of aryl methyl sites for hydroxylation is 2. The van der Waals surface area contributed by atoms with E-state index in [0.29, 0.717) is 11.4 Å². The molecule has 3 rings (SSSR count). The van der Waals surface area contributed by atoms with E-state index in [-0.39, 0.29) is 11.5 Å². The number of hydrogen-bond acceptors (Lipinski definition) is 7. The van der Waals surface area contributed by atoms with Crippen LogP contribution in [-0.4, -0.2) is 12.2 Å². The highest BCUT2D eigenvalue weighted by Gasteiger charge is 2.25. The van der Waals surface area contributed by atoms with Gasteiger partial charge in [0.15, 0.2) is 0 Å². The monoisotopic (exact) mass is 446 g/mol. The number of carbonyl (C=O) groups excluding carboxylic acids is 2. The summed E-state index contributed by atoms with van der Waals surface area (Å²) in [6, 6.07) is 18.8. The van der Waals surface area contributed by atoms with Crippen molar-refractivity contribution in [1.82, 2.24) is 0 Å². The Morgan fingerprint density at radius 2 is 1.28 bits per heavy atom. The van der Waals surface area contributed by atoms with Crippen molar-refractivity contribution in [1.29, 1.82) is 0 Å². The highest BCUT2D eigenvalue weighted by molar-refractivity contribution is 7.58. The van der Waals surface area contributed by atoms with Gasteiger partial charge >= 0.3 is 7.60 Å². The molecule has 0 aliphatic rings. The average molecular weight is 446 g/mol. The van der Waals surface area contributed by atoms with E-state index in [0.717, 1.165) is 16.7 Å². The number of rotatable bonds is 8. The fourth-order valence-electron chi connectivity index (χ4n) is 2.75. The van der Waals surface area contributed by atoms with Crippen LogP contribution in [-0.2, 0) is 14.2 Å². The molecule has 3 aromatic rings. The van der Waals surface area contributed by atoms with Gasteiger partial charge in [-0.1, -0.05) is 42.5 Å². The van der Waals surface area contributed by atoms with Crippen molar-refractivity contribution in [2.75, 3.05) is 0 Å². The molecule has 8 heteroatoms. The maximum atomic E-state index is 13.7. The smallest absolute Gasteiger partial charge is 0.413 e. The van der Waals surface area contributed by atoms with E-state index in [9.17, 15) is 14.2 Å². The standard InChI is InChI=1S/C24H19N2O5P/c1-18-8-10-21(14-23(18)25-16-27)30-32(29,13-12-20-6-4-3-5-7-20)31-22-11-9-19(2)24(15-22)26-17-28/h3-15H,1-2H3/b13-12+. The van der Waals surface area contributed by atoms with Crippen LogP contribution >= 0.6 is 7.60 Å². The minimum atomic E-state index is -3.90. The lowest BCUT2D eigenvalue weighted by Gasteiger charge is -2.18. The average Bonchev–Trinajstić information content (AvgIpc) is 2.78. The fraction of sp³-hybridized carbons (Fsp3) is 0.0833. The highest BCUT2D eigenvalue weighted by atomic mass is 31.2. The molecule has 0 bridgehead atoms.